The lowest BCUT2D eigenvalue weighted by Gasteiger charge is -2.29. The van der Waals surface area contributed by atoms with Crippen LogP contribution in [-0.2, 0) is 14.3 Å². The highest BCUT2D eigenvalue weighted by Crippen LogP contribution is 2.36. The molecule has 2 aliphatic rings. The first-order chi connectivity index (χ1) is 12.0. The minimum Gasteiger partial charge on any atom is -0.469 e. The van der Waals surface area contributed by atoms with Crippen molar-refractivity contribution in [1.82, 2.24) is 10.3 Å². The van der Waals surface area contributed by atoms with Crippen LogP contribution < -0.4 is 5.32 Å². The van der Waals surface area contributed by atoms with E-state index in [1.807, 2.05) is 18.7 Å². The van der Waals surface area contributed by atoms with E-state index in [0.29, 0.717) is 11.7 Å². The van der Waals surface area contributed by atoms with Crippen LogP contribution in [0.15, 0.2) is 9.72 Å². The van der Waals surface area contributed by atoms with E-state index in [-0.39, 0.29) is 29.8 Å². The van der Waals surface area contributed by atoms with Gasteiger partial charge in [0.15, 0.2) is 0 Å². The number of carbonyl (C=O) groups excluding carboxylic acids is 2. The van der Waals surface area contributed by atoms with Crippen molar-refractivity contribution in [3.05, 3.63) is 11.1 Å². The average molecular weight is 383 g/mol. The summed E-state index contributed by atoms with van der Waals surface area (Å²) in [7, 11) is 1.42. The van der Waals surface area contributed by atoms with Crippen molar-refractivity contribution in [3.63, 3.8) is 0 Å². The van der Waals surface area contributed by atoms with Gasteiger partial charge in [0.25, 0.3) is 0 Å². The molecule has 0 saturated heterocycles. The summed E-state index contributed by atoms with van der Waals surface area (Å²) in [5, 5.41) is 5.91. The lowest BCUT2D eigenvalue weighted by atomic mass is 9.94. The van der Waals surface area contributed by atoms with Gasteiger partial charge in [0.2, 0.25) is 5.91 Å². The predicted octanol–water partition coefficient (Wildman–Crippen LogP) is 3.56. The maximum atomic E-state index is 12.5. The summed E-state index contributed by atoms with van der Waals surface area (Å²) in [5.74, 6) is -0.188. The van der Waals surface area contributed by atoms with Gasteiger partial charge in [-0.1, -0.05) is 11.8 Å². The number of thioether (sulfide) groups is 1. The number of nitrogens with zero attached hydrogens (tertiary/aromatic N) is 1. The highest BCUT2D eigenvalue weighted by molar-refractivity contribution is 8.01. The number of hydrogen-bond donors (Lipinski definition) is 1. The number of nitrogens with one attached hydrogen (secondary N) is 1. The Labute approximate surface area is 157 Å². The second-order valence-corrected chi connectivity index (χ2v) is 9.49. The van der Waals surface area contributed by atoms with Gasteiger partial charge in [0.1, 0.15) is 4.34 Å². The van der Waals surface area contributed by atoms with Crippen molar-refractivity contribution < 1.29 is 14.3 Å². The van der Waals surface area contributed by atoms with Crippen LogP contribution >= 0.6 is 23.1 Å². The second-order valence-electron chi connectivity index (χ2n) is 7.08. The summed E-state index contributed by atoms with van der Waals surface area (Å²) in [6.07, 6.45) is 6.48. The zero-order valence-corrected chi connectivity index (χ0v) is 16.5. The van der Waals surface area contributed by atoms with E-state index in [4.69, 9.17) is 4.74 Å². The van der Waals surface area contributed by atoms with Gasteiger partial charge in [-0.05, 0) is 51.9 Å². The Balaban J connectivity index is 1.40. The van der Waals surface area contributed by atoms with Crippen molar-refractivity contribution in [3.8, 4) is 0 Å². The summed E-state index contributed by atoms with van der Waals surface area (Å²) in [6, 6.07) is 0.277. The molecule has 0 aliphatic heterocycles. The SMILES string of the molecule is COC(=O)[C@@H]1CC[C@H](C(=O)NC2CCC(Sc3nc(C)cs3)CC2)C1. The number of ether oxygens (including phenoxy) is 1. The smallest absolute Gasteiger partial charge is 0.308 e. The molecule has 2 atom stereocenters. The third kappa shape index (κ3) is 4.97. The predicted molar refractivity (Wildman–Crippen MR) is 99.7 cm³/mol. The molecular formula is C18H26N2O3S2. The lowest BCUT2D eigenvalue weighted by Crippen LogP contribution is -2.41. The first kappa shape index (κ1) is 18.7. The number of thiazole rings is 1. The third-order valence-electron chi connectivity index (χ3n) is 5.22. The summed E-state index contributed by atoms with van der Waals surface area (Å²) in [5.41, 5.74) is 1.09. The molecule has 0 unspecified atom stereocenters. The summed E-state index contributed by atoms with van der Waals surface area (Å²) >= 11 is 3.60. The molecule has 5 nitrogen and oxygen atoms in total. The van der Waals surface area contributed by atoms with E-state index in [0.717, 1.165) is 48.6 Å². The molecule has 0 aromatic carbocycles. The maximum absolute atomic E-state index is 12.5. The van der Waals surface area contributed by atoms with E-state index >= 15 is 0 Å². The number of amides is 1. The Kier molecular flexibility index (Phi) is 6.39. The fraction of sp³-hybridized carbons (Fsp3) is 0.722. The molecule has 2 fully saturated rings. The molecule has 1 amide bonds. The second kappa shape index (κ2) is 8.54. The van der Waals surface area contributed by atoms with Gasteiger partial charge >= 0.3 is 5.97 Å². The average Bonchev–Trinajstić information content (AvgIpc) is 3.25. The van der Waals surface area contributed by atoms with Gasteiger partial charge in [-0.15, -0.1) is 11.3 Å². The topological polar surface area (TPSA) is 68.3 Å². The summed E-state index contributed by atoms with van der Waals surface area (Å²) < 4.78 is 5.95. The molecule has 1 aromatic heterocycles. The van der Waals surface area contributed by atoms with Crippen LogP contribution in [0.2, 0.25) is 0 Å². The zero-order valence-electron chi connectivity index (χ0n) is 14.8. The molecule has 2 aliphatic carbocycles. The van der Waals surface area contributed by atoms with Crippen LogP contribution in [0.25, 0.3) is 0 Å². The van der Waals surface area contributed by atoms with Gasteiger partial charge in [-0.2, -0.15) is 0 Å². The van der Waals surface area contributed by atoms with E-state index in [2.05, 4.69) is 15.7 Å². The molecule has 0 spiro atoms. The largest absolute Gasteiger partial charge is 0.469 e. The van der Waals surface area contributed by atoms with Gasteiger partial charge < -0.3 is 10.1 Å². The Bertz CT molecular complexity index is 611. The van der Waals surface area contributed by atoms with Crippen LogP contribution in [0.4, 0.5) is 0 Å². The molecule has 3 rings (SSSR count). The number of esters is 1. The van der Waals surface area contributed by atoms with Crippen LogP contribution in [0.3, 0.4) is 0 Å². The van der Waals surface area contributed by atoms with Crippen molar-refractivity contribution in [2.24, 2.45) is 11.8 Å². The Morgan fingerprint density at radius 2 is 1.92 bits per heavy atom. The minimum absolute atomic E-state index is 0.0329. The molecule has 0 radical (unpaired) electrons. The molecule has 1 aromatic rings. The monoisotopic (exact) mass is 382 g/mol. The van der Waals surface area contributed by atoms with Crippen LogP contribution in [0, 0.1) is 18.8 Å². The molecular weight excluding hydrogens is 356 g/mol. The van der Waals surface area contributed by atoms with E-state index in [1.165, 1.54) is 7.11 Å². The fourth-order valence-corrected chi connectivity index (χ4v) is 6.06. The zero-order chi connectivity index (χ0) is 17.8. The molecule has 0 bridgehead atoms. The molecule has 25 heavy (non-hydrogen) atoms. The number of methoxy groups -OCH3 is 1. The minimum atomic E-state index is -0.176. The van der Waals surface area contributed by atoms with Crippen LogP contribution in [-0.4, -0.2) is 35.3 Å². The number of aromatic nitrogens is 1. The normalized spacial score (nSPS) is 29.4. The third-order valence-corrected chi connectivity index (χ3v) is 7.65. The van der Waals surface area contributed by atoms with Crippen molar-refractivity contribution in [2.45, 2.75) is 67.5 Å². The van der Waals surface area contributed by atoms with Crippen LogP contribution in [0.5, 0.6) is 0 Å². The lowest BCUT2D eigenvalue weighted by molar-refractivity contribution is -0.145. The highest BCUT2D eigenvalue weighted by atomic mass is 32.2. The van der Waals surface area contributed by atoms with E-state index < -0.39 is 0 Å². The van der Waals surface area contributed by atoms with Crippen molar-refractivity contribution >= 4 is 35.0 Å². The molecule has 1 heterocycles. The van der Waals surface area contributed by atoms with Crippen LogP contribution in [0.1, 0.15) is 50.6 Å². The standard InChI is InChI=1S/C18H26N2O3S2/c1-11-10-24-18(19-11)25-15-7-5-14(6-8-15)20-16(21)12-3-4-13(9-12)17(22)23-2/h10,12-15H,3-9H2,1-2H3,(H,20,21)/t12-,13+,14?,15?/m0/s1. The van der Waals surface area contributed by atoms with Crippen molar-refractivity contribution in [1.29, 1.82) is 0 Å². The molecule has 138 valence electrons. The van der Waals surface area contributed by atoms with Gasteiger partial charge in [-0.25, -0.2) is 4.98 Å². The Morgan fingerprint density at radius 1 is 1.20 bits per heavy atom. The summed E-state index contributed by atoms with van der Waals surface area (Å²) in [6.45, 7) is 2.03. The Morgan fingerprint density at radius 3 is 2.56 bits per heavy atom. The number of rotatable bonds is 5. The maximum Gasteiger partial charge on any atom is 0.308 e. The number of carbonyl (C=O) groups is 2. The van der Waals surface area contributed by atoms with Gasteiger partial charge in [0.05, 0.1) is 13.0 Å². The first-order valence-corrected chi connectivity index (χ1v) is 10.8. The highest BCUT2D eigenvalue weighted by Gasteiger charge is 2.35. The summed E-state index contributed by atoms with van der Waals surface area (Å²) in [4.78, 5) is 28.6. The quantitative estimate of drug-likeness (QED) is 0.789. The van der Waals surface area contributed by atoms with Crippen molar-refractivity contribution in [2.75, 3.05) is 7.11 Å². The van der Waals surface area contributed by atoms with Gasteiger partial charge in [0, 0.05) is 28.3 Å². The number of hydrogen-bond acceptors (Lipinski definition) is 6. The fourth-order valence-electron chi connectivity index (χ4n) is 3.77. The molecule has 7 heteroatoms. The van der Waals surface area contributed by atoms with E-state index in [9.17, 15) is 9.59 Å². The molecule has 1 N–H and O–H groups in total. The first-order valence-electron chi connectivity index (χ1n) is 9.02. The van der Waals surface area contributed by atoms with Gasteiger partial charge in [-0.3, -0.25) is 9.59 Å². The van der Waals surface area contributed by atoms with E-state index in [1.54, 1.807) is 11.3 Å². The number of aryl methyl sites for hydroxylation is 1. The molecule has 2 saturated carbocycles. The Hall–Kier alpha value is -1.08.